The van der Waals surface area contributed by atoms with E-state index in [1.165, 1.54) is 11.6 Å². The Morgan fingerprint density at radius 1 is 1.44 bits per heavy atom. The van der Waals surface area contributed by atoms with Crippen molar-refractivity contribution in [3.05, 3.63) is 30.3 Å². The Morgan fingerprint density at radius 2 is 2.12 bits per heavy atom. The molecule has 1 rings (SSSR count). The van der Waals surface area contributed by atoms with Crippen molar-refractivity contribution < 1.29 is 14.6 Å². The number of rotatable bonds is 6. The standard InChI is InChI=1S/C12H16O3Se/c1-15-12(14)8-7-10(13)9-16-11-5-3-2-4-6-11/h2-6,10,13H,7-9H2,1H3/t10-/m0/s1. The van der Waals surface area contributed by atoms with Crippen molar-refractivity contribution in [2.75, 3.05) is 7.11 Å². The second-order valence-electron chi connectivity index (χ2n) is 3.39. The Bertz CT molecular complexity index is 313. The van der Waals surface area contributed by atoms with E-state index in [4.69, 9.17) is 0 Å². The van der Waals surface area contributed by atoms with Crippen LogP contribution >= 0.6 is 0 Å². The van der Waals surface area contributed by atoms with E-state index >= 15 is 0 Å². The van der Waals surface area contributed by atoms with Crippen molar-refractivity contribution in [1.29, 1.82) is 0 Å². The van der Waals surface area contributed by atoms with Crippen molar-refractivity contribution >= 4 is 25.4 Å². The van der Waals surface area contributed by atoms with Gasteiger partial charge >= 0.3 is 102 Å². The van der Waals surface area contributed by atoms with Gasteiger partial charge in [-0.05, 0) is 0 Å². The van der Waals surface area contributed by atoms with Gasteiger partial charge in [0.25, 0.3) is 0 Å². The summed E-state index contributed by atoms with van der Waals surface area (Å²) in [7, 11) is 1.36. The summed E-state index contributed by atoms with van der Waals surface area (Å²) in [6.45, 7) is 0. The van der Waals surface area contributed by atoms with Gasteiger partial charge in [0.2, 0.25) is 0 Å². The molecule has 1 atom stereocenters. The summed E-state index contributed by atoms with van der Waals surface area (Å²) < 4.78 is 5.79. The predicted octanol–water partition coefficient (Wildman–Crippen LogP) is 0.748. The van der Waals surface area contributed by atoms with Gasteiger partial charge in [-0.15, -0.1) is 0 Å². The number of hydrogen-bond donors (Lipinski definition) is 1. The summed E-state index contributed by atoms with van der Waals surface area (Å²) in [6, 6.07) is 10.1. The average molecular weight is 287 g/mol. The van der Waals surface area contributed by atoms with E-state index in [0.29, 0.717) is 12.8 Å². The Labute approximate surface area is 102 Å². The molecule has 0 heterocycles. The number of esters is 1. The first kappa shape index (κ1) is 13.2. The van der Waals surface area contributed by atoms with Crippen LogP contribution in [0, 0.1) is 0 Å². The molecule has 0 radical (unpaired) electrons. The van der Waals surface area contributed by atoms with Crippen LogP contribution in [0.15, 0.2) is 30.3 Å². The molecule has 0 aromatic heterocycles. The molecule has 0 aliphatic carbocycles. The van der Waals surface area contributed by atoms with Gasteiger partial charge < -0.3 is 0 Å². The van der Waals surface area contributed by atoms with Crippen molar-refractivity contribution in [3.63, 3.8) is 0 Å². The van der Waals surface area contributed by atoms with Gasteiger partial charge in [-0.2, -0.15) is 0 Å². The van der Waals surface area contributed by atoms with Crippen LogP contribution in [0.2, 0.25) is 5.32 Å². The van der Waals surface area contributed by atoms with Crippen LogP contribution in [0.1, 0.15) is 12.8 Å². The van der Waals surface area contributed by atoms with Gasteiger partial charge in [0.05, 0.1) is 0 Å². The quantitative estimate of drug-likeness (QED) is 0.620. The SMILES string of the molecule is COC(=O)CC[C@H](O)C[Se]c1ccccc1. The summed E-state index contributed by atoms with van der Waals surface area (Å²) >= 11 is 0.275. The van der Waals surface area contributed by atoms with E-state index in [-0.39, 0.29) is 20.9 Å². The van der Waals surface area contributed by atoms with Gasteiger partial charge in [-0.3, -0.25) is 0 Å². The Balaban J connectivity index is 2.20. The zero-order valence-electron chi connectivity index (χ0n) is 9.26. The Kier molecular flexibility index (Phi) is 6.16. The first-order valence-corrected chi connectivity index (χ1v) is 7.22. The first-order chi connectivity index (χ1) is 7.72. The minimum atomic E-state index is -0.403. The zero-order valence-corrected chi connectivity index (χ0v) is 11.0. The fourth-order valence-corrected chi connectivity index (χ4v) is 3.07. The molecule has 1 N–H and O–H groups in total. The van der Waals surface area contributed by atoms with E-state index < -0.39 is 6.10 Å². The zero-order chi connectivity index (χ0) is 11.8. The number of hydrogen-bond acceptors (Lipinski definition) is 3. The van der Waals surface area contributed by atoms with Crippen LogP contribution in [-0.2, 0) is 9.53 Å². The molecular weight excluding hydrogens is 271 g/mol. The van der Waals surface area contributed by atoms with Gasteiger partial charge in [-0.1, -0.05) is 0 Å². The normalized spacial score (nSPS) is 12.1. The molecule has 4 heteroatoms. The fourth-order valence-electron chi connectivity index (χ4n) is 1.18. The third-order valence-electron chi connectivity index (χ3n) is 2.09. The number of benzene rings is 1. The van der Waals surface area contributed by atoms with E-state index in [2.05, 4.69) is 16.9 Å². The molecule has 16 heavy (non-hydrogen) atoms. The second kappa shape index (κ2) is 7.44. The van der Waals surface area contributed by atoms with E-state index in [9.17, 15) is 9.90 Å². The molecule has 0 spiro atoms. The third kappa shape index (κ3) is 5.31. The van der Waals surface area contributed by atoms with Crippen LogP contribution in [0.4, 0.5) is 0 Å². The van der Waals surface area contributed by atoms with Crippen LogP contribution < -0.4 is 4.46 Å². The van der Waals surface area contributed by atoms with Crippen LogP contribution in [0.25, 0.3) is 0 Å². The van der Waals surface area contributed by atoms with Gasteiger partial charge in [0.15, 0.2) is 0 Å². The van der Waals surface area contributed by atoms with Gasteiger partial charge in [0.1, 0.15) is 0 Å². The molecule has 0 fully saturated rings. The van der Waals surface area contributed by atoms with E-state index in [0.717, 1.165) is 5.32 Å². The molecule has 0 bridgehead atoms. The molecule has 88 valence electrons. The summed E-state index contributed by atoms with van der Waals surface area (Å²) in [4.78, 5) is 10.9. The average Bonchev–Trinajstić information content (AvgIpc) is 2.34. The van der Waals surface area contributed by atoms with Crippen molar-refractivity contribution in [3.8, 4) is 0 Å². The number of aliphatic hydroxyl groups is 1. The monoisotopic (exact) mass is 288 g/mol. The molecule has 0 saturated heterocycles. The maximum absolute atomic E-state index is 10.9. The Morgan fingerprint density at radius 3 is 2.75 bits per heavy atom. The maximum atomic E-state index is 10.9. The molecule has 1 aromatic carbocycles. The summed E-state index contributed by atoms with van der Waals surface area (Å²) in [5.41, 5.74) is 0. The third-order valence-corrected chi connectivity index (χ3v) is 4.52. The molecule has 0 aliphatic heterocycles. The number of methoxy groups -OCH3 is 1. The Hall–Kier alpha value is -0.831. The minimum absolute atomic E-state index is 0.258. The molecule has 0 amide bonds. The molecule has 0 saturated carbocycles. The van der Waals surface area contributed by atoms with Crippen molar-refractivity contribution in [2.45, 2.75) is 24.3 Å². The second-order valence-corrected chi connectivity index (χ2v) is 5.69. The van der Waals surface area contributed by atoms with Crippen LogP contribution in [0.3, 0.4) is 0 Å². The number of carbonyl (C=O) groups excluding carboxylic acids is 1. The molecule has 3 nitrogen and oxygen atoms in total. The molecular formula is C12H16O3Se. The summed E-state index contributed by atoms with van der Waals surface area (Å²) in [5, 5.41) is 10.4. The van der Waals surface area contributed by atoms with E-state index in [1.807, 2.05) is 18.2 Å². The molecule has 0 aliphatic rings. The fraction of sp³-hybridized carbons (Fsp3) is 0.417. The van der Waals surface area contributed by atoms with Gasteiger partial charge in [-0.25, -0.2) is 0 Å². The van der Waals surface area contributed by atoms with Crippen molar-refractivity contribution in [1.82, 2.24) is 0 Å². The molecule has 0 unspecified atom stereocenters. The molecule has 1 aromatic rings. The number of carbonyl (C=O) groups is 1. The topological polar surface area (TPSA) is 46.5 Å². The van der Waals surface area contributed by atoms with Crippen LogP contribution in [-0.4, -0.2) is 39.2 Å². The van der Waals surface area contributed by atoms with Gasteiger partial charge in [0, 0.05) is 0 Å². The summed E-state index contributed by atoms with van der Waals surface area (Å²) in [6.07, 6.45) is 0.378. The number of aliphatic hydroxyl groups excluding tert-OH is 1. The first-order valence-electron chi connectivity index (χ1n) is 5.15. The summed E-state index contributed by atoms with van der Waals surface area (Å²) in [5.74, 6) is -0.258. The van der Waals surface area contributed by atoms with E-state index in [1.54, 1.807) is 0 Å². The number of ether oxygens (including phenoxy) is 1. The van der Waals surface area contributed by atoms with Crippen LogP contribution in [0.5, 0.6) is 0 Å². The predicted molar refractivity (Wildman–Crippen MR) is 63.9 cm³/mol. The van der Waals surface area contributed by atoms with Crippen molar-refractivity contribution in [2.24, 2.45) is 0 Å².